The van der Waals surface area contributed by atoms with Crippen LogP contribution in [0.3, 0.4) is 0 Å². The second-order valence-corrected chi connectivity index (χ2v) is 15.9. The molecule has 0 bridgehead atoms. The minimum atomic E-state index is 0.697. The number of nitrogens with zero attached hydrogens (tertiary/aromatic N) is 3. The topological polar surface area (TPSA) is 43.9 Å². The van der Waals surface area contributed by atoms with Crippen molar-refractivity contribution >= 4 is 70.4 Å². The van der Waals surface area contributed by atoms with Gasteiger partial charge in [-0.2, -0.15) is 0 Å². The van der Waals surface area contributed by atoms with Crippen molar-refractivity contribution in [2.45, 2.75) is 12.8 Å². The van der Waals surface area contributed by atoms with Crippen LogP contribution in [0.1, 0.15) is 17.7 Å². The first kappa shape index (κ1) is 32.2. The summed E-state index contributed by atoms with van der Waals surface area (Å²) in [5, 5.41) is 6.08. The normalized spacial score (nSPS) is 12.7. The van der Waals surface area contributed by atoms with Crippen LogP contribution in [0.5, 0.6) is 0 Å². The molecule has 4 nitrogen and oxygen atoms in total. The van der Waals surface area contributed by atoms with Gasteiger partial charge in [0.1, 0.15) is 11.3 Å². The highest BCUT2D eigenvalue weighted by Crippen LogP contribution is 2.45. The molecular weight excluding hydrogens is 715 g/mol. The first-order chi connectivity index (χ1) is 28.2. The lowest BCUT2D eigenvalue weighted by Crippen LogP contribution is -1.97. The number of fused-ring (bicyclic) bond motifs is 10. The molecule has 1 aliphatic carbocycles. The first-order valence-corrected chi connectivity index (χ1v) is 20.3. The highest BCUT2D eigenvalue weighted by atomic mass is 32.1. The van der Waals surface area contributed by atoms with E-state index in [1.165, 1.54) is 42.1 Å². The summed E-state index contributed by atoms with van der Waals surface area (Å²) in [6.45, 7) is 0. The number of para-hydroxylation sites is 1. The maximum atomic E-state index is 6.69. The Hall–Kier alpha value is -7.08. The van der Waals surface area contributed by atoms with Gasteiger partial charge in [-0.15, -0.1) is 11.3 Å². The predicted molar refractivity (Wildman–Crippen MR) is 238 cm³/mol. The average Bonchev–Trinajstić information content (AvgIpc) is 3.96. The molecule has 0 spiro atoms. The lowest BCUT2D eigenvalue weighted by molar-refractivity contribution is 0.598. The Morgan fingerprint density at radius 1 is 0.544 bits per heavy atom. The molecule has 0 amide bonds. The number of aryl methyl sites for hydroxylation is 1. The van der Waals surface area contributed by atoms with Crippen LogP contribution in [0.2, 0.25) is 0 Å². The monoisotopic (exact) mass is 747 g/mol. The van der Waals surface area contributed by atoms with Gasteiger partial charge in [0, 0.05) is 64.4 Å². The third kappa shape index (κ3) is 5.13. The van der Waals surface area contributed by atoms with Gasteiger partial charge in [0.05, 0.1) is 27.8 Å². The molecule has 0 fully saturated rings. The molecule has 0 saturated heterocycles. The minimum absolute atomic E-state index is 0.697. The number of hydrogen-bond donors (Lipinski definition) is 0. The van der Waals surface area contributed by atoms with Gasteiger partial charge in [-0.05, 0) is 73.0 Å². The molecule has 4 aromatic heterocycles. The van der Waals surface area contributed by atoms with Crippen LogP contribution in [-0.2, 0) is 6.42 Å². The molecular formula is C52H33N3OS. The van der Waals surface area contributed by atoms with E-state index >= 15 is 0 Å². The van der Waals surface area contributed by atoms with Crippen molar-refractivity contribution in [3.8, 4) is 50.7 Å². The Kier molecular flexibility index (Phi) is 7.19. The first-order valence-electron chi connectivity index (χ1n) is 19.5. The summed E-state index contributed by atoms with van der Waals surface area (Å²) in [6.07, 6.45) is 6.41. The molecule has 7 aromatic carbocycles. The molecule has 4 heterocycles. The zero-order valence-corrected chi connectivity index (χ0v) is 31.6. The van der Waals surface area contributed by atoms with E-state index in [-0.39, 0.29) is 0 Å². The molecule has 11 aromatic rings. The fourth-order valence-corrected chi connectivity index (χ4v) is 10.1. The summed E-state index contributed by atoms with van der Waals surface area (Å²) >= 11 is 1.85. The van der Waals surface area contributed by atoms with Crippen LogP contribution >= 0.6 is 11.3 Å². The molecule has 0 atom stereocenters. The third-order valence-electron chi connectivity index (χ3n) is 11.5. The van der Waals surface area contributed by atoms with Gasteiger partial charge >= 0.3 is 0 Å². The Morgan fingerprint density at radius 2 is 1.25 bits per heavy atom. The van der Waals surface area contributed by atoms with Gasteiger partial charge in [-0.25, -0.2) is 9.97 Å². The number of hydrogen-bond acceptors (Lipinski definition) is 4. The van der Waals surface area contributed by atoms with Crippen molar-refractivity contribution in [1.29, 1.82) is 0 Å². The molecule has 0 aliphatic heterocycles. The van der Waals surface area contributed by atoms with E-state index in [0.29, 0.717) is 5.82 Å². The Balaban J connectivity index is 1.10. The molecule has 0 N–H and O–H groups in total. The number of thiophene rings is 1. The SMILES string of the molecule is C1=Cc2oc3c(ccc4c3c3ccccc3n4-c3cc(-c4cccc(-c5nc(-c6ccccc6)cc(-c6ccccc6)n5)c4)c4sc5ccccc5c4c3)c2CC1. The minimum Gasteiger partial charge on any atom is -0.456 e. The maximum absolute atomic E-state index is 6.69. The van der Waals surface area contributed by atoms with Crippen LogP contribution in [0.25, 0.3) is 110 Å². The van der Waals surface area contributed by atoms with Crippen molar-refractivity contribution in [2.75, 3.05) is 0 Å². The number of furan rings is 1. The number of aromatic nitrogens is 3. The third-order valence-corrected chi connectivity index (χ3v) is 12.7. The van der Waals surface area contributed by atoms with E-state index in [2.05, 4.69) is 168 Å². The number of rotatable bonds is 5. The molecule has 1 aliphatic rings. The van der Waals surface area contributed by atoms with Crippen LogP contribution in [0, 0.1) is 0 Å². The summed E-state index contributed by atoms with van der Waals surface area (Å²) in [5.41, 5.74) is 12.9. The molecule has 5 heteroatoms. The number of allylic oxidation sites excluding steroid dienone is 1. The lowest BCUT2D eigenvalue weighted by Gasteiger charge is -2.14. The summed E-state index contributed by atoms with van der Waals surface area (Å²) < 4.78 is 11.6. The number of benzene rings is 7. The quantitative estimate of drug-likeness (QED) is 0.176. The van der Waals surface area contributed by atoms with Crippen LogP contribution < -0.4 is 0 Å². The van der Waals surface area contributed by atoms with E-state index < -0.39 is 0 Å². The van der Waals surface area contributed by atoms with E-state index in [9.17, 15) is 0 Å². The molecule has 0 saturated carbocycles. The molecule has 12 rings (SSSR count). The highest BCUT2D eigenvalue weighted by molar-refractivity contribution is 7.26. The van der Waals surface area contributed by atoms with Gasteiger partial charge < -0.3 is 8.98 Å². The summed E-state index contributed by atoms with van der Waals surface area (Å²) in [7, 11) is 0. The summed E-state index contributed by atoms with van der Waals surface area (Å²) in [4.78, 5) is 10.4. The van der Waals surface area contributed by atoms with Gasteiger partial charge in [-0.1, -0.05) is 121 Å². The van der Waals surface area contributed by atoms with E-state index in [1.807, 2.05) is 23.5 Å². The molecule has 0 radical (unpaired) electrons. The fraction of sp³-hybridized carbons (Fsp3) is 0.0385. The van der Waals surface area contributed by atoms with E-state index in [0.717, 1.165) is 79.9 Å². The zero-order valence-electron chi connectivity index (χ0n) is 30.8. The van der Waals surface area contributed by atoms with Crippen LogP contribution in [0.15, 0.2) is 174 Å². The van der Waals surface area contributed by atoms with Gasteiger partial charge in [0.2, 0.25) is 0 Å². The second kappa shape index (κ2) is 12.7. The smallest absolute Gasteiger partial charge is 0.160 e. The zero-order chi connectivity index (χ0) is 37.5. The van der Waals surface area contributed by atoms with Gasteiger partial charge in [0.15, 0.2) is 5.82 Å². The van der Waals surface area contributed by atoms with Crippen molar-refractivity contribution in [2.24, 2.45) is 0 Å². The van der Waals surface area contributed by atoms with Crippen molar-refractivity contribution in [3.63, 3.8) is 0 Å². The van der Waals surface area contributed by atoms with Crippen molar-refractivity contribution < 1.29 is 4.42 Å². The maximum Gasteiger partial charge on any atom is 0.160 e. The average molecular weight is 748 g/mol. The Morgan fingerprint density at radius 3 is 2.05 bits per heavy atom. The van der Waals surface area contributed by atoms with Crippen LogP contribution in [0.4, 0.5) is 0 Å². The van der Waals surface area contributed by atoms with E-state index in [1.54, 1.807) is 0 Å². The fourth-order valence-electron chi connectivity index (χ4n) is 8.84. The second-order valence-electron chi connectivity index (χ2n) is 14.8. The Labute approximate surface area is 332 Å². The standard InChI is InChI=1S/C52H33N3OS/c1-3-14-32(15-4-1)43-31-44(33-16-5-2-6-17-33)54-52(53-43)35-19-13-18-34(28-35)41-29-36(30-42-38-21-9-12-25-48(38)57-51(41)42)55-45-23-10-7-22-40(45)49-46(55)27-26-39-37-20-8-11-24-47(37)56-50(39)49/h1-7,9-19,21-31H,8,20H2. The molecule has 57 heavy (non-hydrogen) atoms. The van der Waals surface area contributed by atoms with E-state index in [4.69, 9.17) is 14.4 Å². The van der Waals surface area contributed by atoms with Gasteiger partial charge in [0.25, 0.3) is 0 Å². The van der Waals surface area contributed by atoms with Gasteiger partial charge in [-0.3, -0.25) is 0 Å². The van der Waals surface area contributed by atoms with Crippen LogP contribution in [-0.4, -0.2) is 14.5 Å². The Bertz CT molecular complexity index is 3350. The largest absolute Gasteiger partial charge is 0.456 e. The summed E-state index contributed by atoms with van der Waals surface area (Å²) in [6, 6.07) is 58.4. The molecule has 268 valence electrons. The van der Waals surface area contributed by atoms with Crippen molar-refractivity contribution in [1.82, 2.24) is 14.5 Å². The summed E-state index contributed by atoms with van der Waals surface area (Å²) in [5.74, 6) is 1.69. The van der Waals surface area contributed by atoms with Crippen molar-refractivity contribution in [3.05, 3.63) is 181 Å². The lowest BCUT2D eigenvalue weighted by atomic mass is 9.99. The molecule has 0 unspecified atom stereocenters. The predicted octanol–water partition coefficient (Wildman–Crippen LogP) is 14.3. The highest BCUT2D eigenvalue weighted by Gasteiger charge is 2.23.